The number of ether oxygens (including phenoxy) is 1. The van der Waals surface area contributed by atoms with Crippen molar-refractivity contribution in [3.8, 4) is 6.07 Å². The van der Waals surface area contributed by atoms with Crippen LogP contribution in [0.1, 0.15) is 20.8 Å². The largest absolute Gasteiger partial charge is 0.376 e. The Hall–Kier alpha value is -1.08. The molecule has 0 N–H and O–H groups in total. The Morgan fingerprint density at radius 2 is 2.15 bits per heavy atom. The van der Waals surface area contributed by atoms with Crippen molar-refractivity contribution in [2.24, 2.45) is 0 Å². The van der Waals surface area contributed by atoms with Gasteiger partial charge in [0.05, 0.1) is 18.8 Å². The molecule has 0 saturated heterocycles. The van der Waals surface area contributed by atoms with Crippen molar-refractivity contribution < 1.29 is 9.53 Å². The van der Waals surface area contributed by atoms with E-state index in [1.165, 1.54) is 11.8 Å². The molecule has 1 amide bonds. The molecule has 0 heterocycles. The first-order chi connectivity index (χ1) is 5.99. The van der Waals surface area contributed by atoms with Crippen LogP contribution in [-0.4, -0.2) is 36.6 Å². The lowest BCUT2D eigenvalue weighted by Gasteiger charge is -2.21. The molecule has 13 heavy (non-hydrogen) atoms. The average Bonchev–Trinajstić information content (AvgIpc) is 2.04. The molecule has 0 bridgehead atoms. The second kappa shape index (κ2) is 5.55. The molecule has 1 atom stereocenters. The maximum absolute atomic E-state index is 10.9. The summed E-state index contributed by atoms with van der Waals surface area (Å²) in [6, 6.07) is 1.53. The lowest BCUT2D eigenvalue weighted by Crippen LogP contribution is -2.38. The number of hydrogen-bond acceptors (Lipinski definition) is 3. The Bertz CT molecular complexity index is 208. The third-order valence-corrected chi connectivity index (χ3v) is 1.70. The number of hydrogen-bond donors (Lipinski definition) is 0. The fourth-order valence-electron chi connectivity index (χ4n) is 0.739. The van der Waals surface area contributed by atoms with Gasteiger partial charge in [-0.3, -0.25) is 4.79 Å². The van der Waals surface area contributed by atoms with Crippen molar-refractivity contribution >= 4 is 5.91 Å². The summed E-state index contributed by atoms with van der Waals surface area (Å²) in [4.78, 5) is 12.3. The van der Waals surface area contributed by atoms with Gasteiger partial charge in [0.1, 0.15) is 6.04 Å². The Morgan fingerprint density at radius 1 is 1.62 bits per heavy atom. The minimum Gasteiger partial charge on any atom is -0.376 e. The highest BCUT2D eigenvalue weighted by Crippen LogP contribution is 1.99. The molecule has 0 rings (SSSR count). The van der Waals surface area contributed by atoms with Gasteiger partial charge in [-0.05, 0) is 13.8 Å². The van der Waals surface area contributed by atoms with Crippen molar-refractivity contribution in [2.75, 3.05) is 13.7 Å². The fraction of sp³-hybridized carbons (Fsp3) is 0.778. The van der Waals surface area contributed by atoms with Crippen molar-refractivity contribution in [2.45, 2.75) is 32.9 Å². The summed E-state index contributed by atoms with van der Waals surface area (Å²) in [6.07, 6.45) is 0.0798. The zero-order valence-corrected chi connectivity index (χ0v) is 8.57. The lowest BCUT2D eigenvalue weighted by molar-refractivity contribution is -0.129. The van der Waals surface area contributed by atoms with Crippen LogP contribution in [0.2, 0.25) is 0 Å². The van der Waals surface area contributed by atoms with Gasteiger partial charge in [0.15, 0.2) is 0 Å². The summed E-state index contributed by atoms with van der Waals surface area (Å²) in [5, 5.41) is 8.73. The van der Waals surface area contributed by atoms with Gasteiger partial charge in [-0.2, -0.15) is 5.26 Å². The zero-order valence-electron chi connectivity index (χ0n) is 8.57. The predicted octanol–water partition coefficient (Wildman–Crippen LogP) is 0.782. The molecule has 1 unspecified atom stereocenters. The van der Waals surface area contributed by atoms with Crippen molar-refractivity contribution in [1.29, 1.82) is 5.26 Å². The number of nitrogens with zero attached hydrogens (tertiary/aromatic N) is 2. The van der Waals surface area contributed by atoms with E-state index in [9.17, 15) is 4.79 Å². The molecular formula is C9H16N2O2. The molecular weight excluding hydrogens is 168 g/mol. The highest BCUT2D eigenvalue weighted by molar-refractivity contribution is 5.73. The summed E-state index contributed by atoms with van der Waals surface area (Å²) >= 11 is 0. The summed E-state index contributed by atoms with van der Waals surface area (Å²) in [5.41, 5.74) is 0. The standard InChI is InChI=1S/C9H16N2O2/c1-7(2)13-6-9(5-10)11(4)8(3)12/h7,9H,6H2,1-4H3. The lowest BCUT2D eigenvalue weighted by atomic mass is 10.3. The number of likely N-dealkylation sites (N-methyl/N-ethyl adjacent to an activating group) is 1. The Labute approximate surface area is 79.1 Å². The van der Waals surface area contributed by atoms with E-state index in [1.54, 1.807) is 7.05 Å². The predicted molar refractivity (Wildman–Crippen MR) is 48.9 cm³/mol. The number of carbonyl (C=O) groups is 1. The topological polar surface area (TPSA) is 53.3 Å². The van der Waals surface area contributed by atoms with Gasteiger partial charge < -0.3 is 9.64 Å². The van der Waals surface area contributed by atoms with Crippen LogP contribution in [0.4, 0.5) is 0 Å². The molecule has 0 aromatic heterocycles. The molecule has 0 spiro atoms. The van der Waals surface area contributed by atoms with Crippen molar-refractivity contribution in [3.63, 3.8) is 0 Å². The third-order valence-electron chi connectivity index (χ3n) is 1.70. The molecule has 74 valence electrons. The smallest absolute Gasteiger partial charge is 0.220 e. The summed E-state index contributed by atoms with van der Waals surface area (Å²) in [5.74, 6) is -0.126. The molecule has 0 aromatic rings. The molecule has 0 aromatic carbocycles. The molecule has 0 radical (unpaired) electrons. The number of nitriles is 1. The van der Waals surface area contributed by atoms with E-state index < -0.39 is 6.04 Å². The van der Waals surface area contributed by atoms with Gasteiger partial charge >= 0.3 is 0 Å². The van der Waals surface area contributed by atoms with Gasteiger partial charge in [-0.15, -0.1) is 0 Å². The zero-order chi connectivity index (χ0) is 10.4. The maximum Gasteiger partial charge on any atom is 0.220 e. The Balaban J connectivity index is 4.05. The van der Waals surface area contributed by atoms with Crippen LogP contribution in [0.5, 0.6) is 0 Å². The van der Waals surface area contributed by atoms with Gasteiger partial charge in [-0.25, -0.2) is 0 Å². The number of rotatable bonds is 4. The molecule has 4 nitrogen and oxygen atoms in total. The summed E-state index contributed by atoms with van der Waals surface area (Å²) < 4.78 is 5.25. The first-order valence-corrected chi connectivity index (χ1v) is 4.23. The fourth-order valence-corrected chi connectivity index (χ4v) is 0.739. The summed E-state index contributed by atoms with van der Waals surface area (Å²) in [7, 11) is 1.60. The SMILES string of the molecule is CC(=O)N(C)C(C#N)COC(C)C. The van der Waals surface area contributed by atoms with Gasteiger partial charge in [0.25, 0.3) is 0 Å². The van der Waals surface area contributed by atoms with Crippen molar-refractivity contribution in [1.82, 2.24) is 4.90 Å². The van der Waals surface area contributed by atoms with Gasteiger partial charge in [0, 0.05) is 14.0 Å². The number of carbonyl (C=O) groups excluding carboxylic acids is 1. The van der Waals surface area contributed by atoms with Crippen molar-refractivity contribution in [3.05, 3.63) is 0 Å². The average molecular weight is 184 g/mol. The highest BCUT2D eigenvalue weighted by atomic mass is 16.5. The van der Waals surface area contributed by atoms with E-state index in [-0.39, 0.29) is 18.6 Å². The van der Waals surface area contributed by atoms with E-state index >= 15 is 0 Å². The molecule has 0 saturated carbocycles. The van der Waals surface area contributed by atoms with Crippen LogP contribution in [0, 0.1) is 11.3 Å². The third kappa shape index (κ3) is 4.48. The Morgan fingerprint density at radius 3 is 2.46 bits per heavy atom. The molecule has 4 heteroatoms. The van der Waals surface area contributed by atoms with Crippen LogP contribution in [-0.2, 0) is 9.53 Å². The van der Waals surface area contributed by atoms with Crippen LogP contribution in [0.15, 0.2) is 0 Å². The minimum absolute atomic E-state index is 0.0798. The molecule has 0 fully saturated rings. The van der Waals surface area contributed by atoms with Crippen LogP contribution in [0.3, 0.4) is 0 Å². The first-order valence-electron chi connectivity index (χ1n) is 4.23. The van der Waals surface area contributed by atoms with Crippen LogP contribution >= 0.6 is 0 Å². The second-order valence-corrected chi connectivity index (χ2v) is 3.16. The minimum atomic E-state index is -0.486. The second-order valence-electron chi connectivity index (χ2n) is 3.16. The maximum atomic E-state index is 10.9. The van der Waals surface area contributed by atoms with E-state index in [0.717, 1.165) is 0 Å². The van der Waals surface area contributed by atoms with Crippen LogP contribution in [0.25, 0.3) is 0 Å². The van der Waals surface area contributed by atoms with E-state index in [0.29, 0.717) is 0 Å². The quantitative estimate of drug-likeness (QED) is 0.648. The molecule has 0 aliphatic rings. The van der Waals surface area contributed by atoms with E-state index in [1.807, 2.05) is 19.9 Å². The number of amides is 1. The monoisotopic (exact) mass is 184 g/mol. The van der Waals surface area contributed by atoms with Gasteiger partial charge in [-0.1, -0.05) is 0 Å². The normalized spacial score (nSPS) is 12.3. The molecule has 0 aliphatic heterocycles. The highest BCUT2D eigenvalue weighted by Gasteiger charge is 2.16. The Kier molecular flexibility index (Phi) is 5.09. The van der Waals surface area contributed by atoms with E-state index in [2.05, 4.69) is 0 Å². The van der Waals surface area contributed by atoms with Crippen LogP contribution < -0.4 is 0 Å². The summed E-state index contributed by atoms with van der Waals surface area (Å²) in [6.45, 7) is 5.48. The molecule has 0 aliphatic carbocycles. The van der Waals surface area contributed by atoms with E-state index in [4.69, 9.17) is 10.00 Å². The van der Waals surface area contributed by atoms with Gasteiger partial charge in [0.2, 0.25) is 5.91 Å². The first kappa shape index (κ1) is 11.9.